The highest BCUT2D eigenvalue weighted by atomic mass is 19.4. The van der Waals surface area contributed by atoms with Crippen molar-refractivity contribution in [1.29, 1.82) is 0 Å². The van der Waals surface area contributed by atoms with Crippen LogP contribution in [0.3, 0.4) is 0 Å². The van der Waals surface area contributed by atoms with E-state index in [1.165, 1.54) is 6.92 Å². The summed E-state index contributed by atoms with van der Waals surface area (Å²) in [6.07, 6.45) is -1.87. The first-order valence-electron chi connectivity index (χ1n) is 16.0. The summed E-state index contributed by atoms with van der Waals surface area (Å²) in [7, 11) is 0. The second-order valence-electron chi connectivity index (χ2n) is 12.6. The molecule has 13 heteroatoms. The molecule has 0 unspecified atom stereocenters. The van der Waals surface area contributed by atoms with Gasteiger partial charge in [-0.25, -0.2) is 19.7 Å². The summed E-state index contributed by atoms with van der Waals surface area (Å²) in [6.45, 7) is 9.55. The fraction of sp³-hybridized carbons (Fsp3) is 0.429. The molecule has 0 bridgehead atoms. The number of aryl methyl sites for hydroxylation is 1. The molecule has 0 radical (unpaired) electrons. The van der Waals surface area contributed by atoms with E-state index in [4.69, 9.17) is 19.2 Å². The number of hydrogen-bond donors (Lipinski definition) is 2. The zero-order chi connectivity index (χ0) is 34.5. The summed E-state index contributed by atoms with van der Waals surface area (Å²) < 4.78 is 57.4. The van der Waals surface area contributed by atoms with Crippen molar-refractivity contribution in [1.82, 2.24) is 19.9 Å². The lowest BCUT2D eigenvalue weighted by Gasteiger charge is -2.34. The van der Waals surface area contributed by atoms with Crippen LogP contribution >= 0.6 is 0 Å². The van der Waals surface area contributed by atoms with Gasteiger partial charge in [0, 0.05) is 54.6 Å². The maximum Gasteiger partial charge on any atom is 0.416 e. The van der Waals surface area contributed by atoms with Gasteiger partial charge in [-0.15, -0.1) is 0 Å². The Kier molecular flexibility index (Phi) is 10.6. The number of hydrogen-bond acceptors (Lipinski definition) is 9. The predicted octanol–water partition coefficient (Wildman–Crippen LogP) is 7.98. The summed E-state index contributed by atoms with van der Waals surface area (Å²) in [4.78, 5) is 28.0. The topological polar surface area (TPSA) is 111 Å². The Labute approximate surface area is 278 Å². The quantitative estimate of drug-likeness (QED) is 0.174. The Morgan fingerprint density at radius 2 is 1.85 bits per heavy atom. The molecule has 2 aromatic carbocycles. The molecular formula is C35H41F3N6O4. The van der Waals surface area contributed by atoms with E-state index >= 15 is 0 Å². The van der Waals surface area contributed by atoms with Gasteiger partial charge < -0.3 is 29.7 Å². The fourth-order valence-electron chi connectivity index (χ4n) is 5.51. The summed E-state index contributed by atoms with van der Waals surface area (Å²) in [5.41, 5.74) is 1.95. The first-order valence-corrected chi connectivity index (χ1v) is 16.0. The highest BCUT2D eigenvalue weighted by Crippen LogP contribution is 2.39. The molecule has 1 fully saturated rings. The van der Waals surface area contributed by atoms with E-state index in [1.54, 1.807) is 41.6 Å². The number of likely N-dealkylation sites (tertiary alicyclic amines) is 1. The third-order valence-corrected chi connectivity index (χ3v) is 7.73. The van der Waals surface area contributed by atoms with Gasteiger partial charge in [-0.2, -0.15) is 13.2 Å². The van der Waals surface area contributed by atoms with Gasteiger partial charge >= 0.3 is 12.3 Å². The summed E-state index contributed by atoms with van der Waals surface area (Å²) in [5, 5.41) is 7.67. The van der Waals surface area contributed by atoms with E-state index in [9.17, 15) is 18.0 Å². The van der Waals surface area contributed by atoms with Crippen LogP contribution in [0.15, 0.2) is 60.9 Å². The van der Waals surface area contributed by atoms with Crippen molar-refractivity contribution < 1.29 is 32.2 Å². The zero-order valence-corrected chi connectivity index (χ0v) is 27.7. The van der Waals surface area contributed by atoms with Crippen molar-refractivity contribution in [2.75, 3.05) is 36.9 Å². The SMILES string of the molecule is CCO[C@@H](CNc1cccc2c(Oc3ncccc3-c3ccnc(N[C@H]4CCCN(C(=O)OC(C)(C)C)C4)n3)c(C)ccc12)C(F)(F)F. The monoisotopic (exact) mass is 666 g/mol. The van der Waals surface area contributed by atoms with Crippen LogP contribution in [0.5, 0.6) is 11.6 Å². The number of nitrogens with one attached hydrogen (secondary N) is 2. The van der Waals surface area contributed by atoms with Crippen LogP contribution in [0.25, 0.3) is 22.0 Å². The van der Waals surface area contributed by atoms with Crippen LogP contribution in [-0.2, 0) is 9.47 Å². The normalized spacial score (nSPS) is 16.0. The Morgan fingerprint density at radius 1 is 1.04 bits per heavy atom. The molecule has 2 N–H and O–H groups in total. The van der Waals surface area contributed by atoms with Crippen molar-refractivity contribution in [2.24, 2.45) is 0 Å². The number of ether oxygens (including phenoxy) is 3. The highest BCUT2D eigenvalue weighted by Gasteiger charge is 2.40. The van der Waals surface area contributed by atoms with Gasteiger partial charge in [0.25, 0.3) is 0 Å². The molecule has 0 saturated carbocycles. The molecule has 1 amide bonds. The predicted molar refractivity (Wildman–Crippen MR) is 178 cm³/mol. The smallest absolute Gasteiger partial charge is 0.416 e. The maximum absolute atomic E-state index is 13.5. The van der Waals surface area contributed by atoms with Crippen LogP contribution in [0.1, 0.15) is 46.1 Å². The van der Waals surface area contributed by atoms with E-state index in [-0.39, 0.29) is 18.7 Å². The molecule has 5 rings (SSSR count). The number of halogens is 3. The van der Waals surface area contributed by atoms with Crippen LogP contribution < -0.4 is 15.4 Å². The maximum atomic E-state index is 13.5. The molecule has 0 aliphatic carbocycles. The fourth-order valence-corrected chi connectivity index (χ4v) is 5.51. The van der Waals surface area contributed by atoms with E-state index in [2.05, 4.69) is 20.6 Å². The van der Waals surface area contributed by atoms with Gasteiger partial charge in [-0.05, 0) is 77.3 Å². The lowest BCUT2D eigenvalue weighted by molar-refractivity contribution is -0.214. The summed E-state index contributed by atoms with van der Waals surface area (Å²) >= 11 is 0. The number of rotatable bonds is 10. The Hall–Kier alpha value is -4.65. The van der Waals surface area contributed by atoms with E-state index in [0.29, 0.717) is 58.4 Å². The molecule has 256 valence electrons. The molecule has 48 heavy (non-hydrogen) atoms. The Balaban J connectivity index is 1.37. The number of fused-ring (bicyclic) bond motifs is 1. The Morgan fingerprint density at radius 3 is 2.60 bits per heavy atom. The first kappa shape index (κ1) is 34.7. The van der Waals surface area contributed by atoms with E-state index in [0.717, 1.165) is 18.4 Å². The second-order valence-corrected chi connectivity index (χ2v) is 12.6. The largest absolute Gasteiger partial charge is 0.444 e. The zero-order valence-electron chi connectivity index (χ0n) is 27.7. The second kappa shape index (κ2) is 14.6. The van der Waals surface area contributed by atoms with Crippen LogP contribution in [-0.4, -0.2) is 76.1 Å². The van der Waals surface area contributed by atoms with Gasteiger partial charge in [0.1, 0.15) is 11.4 Å². The van der Waals surface area contributed by atoms with E-state index in [1.807, 2.05) is 52.0 Å². The number of aromatic nitrogens is 3. The molecular weight excluding hydrogens is 625 g/mol. The number of alkyl halides is 3. The molecule has 1 saturated heterocycles. The number of piperidine rings is 1. The molecule has 2 aromatic heterocycles. The average molecular weight is 667 g/mol. The lowest BCUT2D eigenvalue weighted by atomic mass is 10.0. The summed E-state index contributed by atoms with van der Waals surface area (Å²) in [5.74, 6) is 1.23. The number of carbonyl (C=O) groups is 1. The van der Waals surface area contributed by atoms with Crippen LogP contribution in [0.2, 0.25) is 0 Å². The standard InChI is InChI=1S/C35H41F3N6O4/c1-6-46-29(35(36,37)38)20-41-27-13-7-11-25-24(27)15-14-22(2)30(25)47-31-26(12-8-17-39-31)28-16-18-40-32(43-28)42-23-10-9-19-44(21-23)33(45)48-34(3,4)5/h7-8,11-18,23,29,41H,6,9-10,19-21H2,1-5H3,(H,40,42,43)/t23-,29-/m0/s1. The first-order chi connectivity index (χ1) is 22.8. The Bertz CT molecular complexity index is 1730. The number of nitrogens with zero attached hydrogens (tertiary/aromatic N) is 4. The van der Waals surface area contributed by atoms with Crippen molar-refractivity contribution in [3.8, 4) is 22.9 Å². The average Bonchev–Trinajstić information content (AvgIpc) is 3.03. The van der Waals surface area contributed by atoms with Crippen molar-refractivity contribution in [3.63, 3.8) is 0 Å². The molecule has 4 aromatic rings. The summed E-state index contributed by atoms with van der Waals surface area (Å²) in [6, 6.07) is 14.4. The van der Waals surface area contributed by atoms with Gasteiger partial charge in [0.2, 0.25) is 11.8 Å². The number of pyridine rings is 1. The number of benzene rings is 2. The van der Waals surface area contributed by atoms with Crippen molar-refractivity contribution in [2.45, 2.75) is 71.4 Å². The minimum atomic E-state index is -4.50. The van der Waals surface area contributed by atoms with Gasteiger partial charge in [-0.3, -0.25) is 0 Å². The lowest BCUT2D eigenvalue weighted by Crippen LogP contribution is -2.47. The van der Waals surface area contributed by atoms with E-state index < -0.39 is 24.4 Å². The van der Waals surface area contributed by atoms with Crippen LogP contribution in [0, 0.1) is 6.92 Å². The third-order valence-electron chi connectivity index (χ3n) is 7.73. The minimum Gasteiger partial charge on any atom is -0.444 e. The molecule has 3 heterocycles. The number of carbonyl (C=O) groups excluding carboxylic acids is 1. The molecule has 0 spiro atoms. The molecule has 2 atom stereocenters. The van der Waals surface area contributed by atoms with Crippen LogP contribution in [0.4, 0.5) is 29.6 Å². The van der Waals surface area contributed by atoms with Crippen molar-refractivity contribution in [3.05, 3.63) is 66.5 Å². The van der Waals surface area contributed by atoms with Crippen molar-refractivity contribution >= 4 is 28.5 Å². The molecule has 1 aliphatic rings. The number of amides is 1. The molecule has 10 nitrogen and oxygen atoms in total. The third kappa shape index (κ3) is 8.62. The van der Waals surface area contributed by atoms with Gasteiger partial charge in [-0.1, -0.05) is 24.3 Å². The minimum absolute atomic E-state index is 0.0534. The van der Waals surface area contributed by atoms with Gasteiger partial charge in [0.15, 0.2) is 6.10 Å². The number of anilines is 2. The molecule has 1 aliphatic heterocycles. The highest BCUT2D eigenvalue weighted by molar-refractivity contribution is 5.98. The van der Waals surface area contributed by atoms with Gasteiger partial charge in [0.05, 0.1) is 17.8 Å².